The van der Waals surface area contributed by atoms with Crippen molar-refractivity contribution >= 4 is 17.5 Å². The van der Waals surface area contributed by atoms with Gasteiger partial charge in [0.15, 0.2) is 0 Å². The zero-order valence-electron chi connectivity index (χ0n) is 29.0. The van der Waals surface area contributed by atoms with Gasteiger partial charge in [0.25, 0.3) is 0 Å². The Morgan fingerprint density at radius 2 is 1.23 bits per heavy atom. The van der Waals surface area contributed by atoms with Crippen LogP contribution in [0.15, 0.2) is 29.2 Å². The molecule has 4 atom stereocenters. The van der Waals surface area contributed by atoms with E-state index in [9.17, 15) is 4.79 Å². The molecule has 4 aliphatic rings. The molecule has 0 bridgehead atoms. The number of hydrogen-bond donors (Lipinski definition) is 0. The highest BCUT2D eigenvalue weighted by Gasteiger charge is 2.44. The zero-order valence-corrected chi connectivity index (χ0v) is 29.8. The Hall–Kier alpha value is -1.54. The maximum atomic E-state index is 12.6. The molecule has 0 N–H and O–H groups in total. The predicted molar refractivity (Wildman–Crippen MR) is 185 cm³/mol. The van der Waals surface area contributed by atoms with Gasteiger partial charge in [0, 0.05) is 23.0 Å². The van der Waals surface area contributed by atoms with Crippen molar-refractivity contribution in [2.75, 3.05) is 0 Å². The first kappa shape index (κ1) is 31.4. The fraction of sp³-hybridized carbons (Fsp3) is 0.683. The maximum Gasteiger partial charge on any atom is 0.133 e. The van der Waals surface area contributed by atoms with Crippen LogP contribution in [0.4, 0.5) is 0 Å². The summed E-state index contributed by atoms with van der Waals surface area (Å²) in [5.74, 6) is 2.29. The summed E-state index contributed by atoms with van der Waals surface area (Å²) < 4.78 is 0. The molecule has 6 rings (SSSR count). The first-order valence-corrected chi connectivity index (χ1v) is 18.4. The standard InChI is InChI=1S/C41H58OS/c1-38(2,3)31-18-17-30(29-23-25-15-16-26(42)24-28(25)35(29)31)40(7,8)21-22-41(9,10)32-19-20-33(39(4,5)6)37-36(32)27-13-11-12-14-34(27)43-37/h17-20,25,27-28,34H,11-16,21-24H2,1-10H3. The average molecular weight is 599 g/mol. The van der Waals surface area contributed by atoms with Crippen molar-refractivity contribution in [3.8, 4) is 0 Å². The molecule has 2 aromatic carbocycles. The summed E-state index contributed by atoms with van der Waals surface area (Å²) in [4.78, 5) is 14.3. The summed E-state index contributed by atoms with van der Waals surface area (Å²) in [5.41, 5.74) is 11.6. The Bertz CT molecular complexity index is 1410. The number of fused-ring (bicyclic) bond motifs is 6. The van der Waals surface area contributed by atoms with Gasteiger partial charge in [-0.05, 0) is 117 Å². The highest BCUT2D eigenvalue weighted by Crippen LogP contribution is 2.58. The SMILES string of the molecule is CC(C)(C)c1ccc(C(C)(C)CCC(C)(C)c2ccc(C(C)(C)C)c3c2CC2CCC(=O)CC32)c2c1SC1CCCCC21. The Morgan fingerprint density at radius 1 is 0.651 bits per heavy atom. The fourth-order valence-electron chi connectivity index (χ4n) is 9.39. The second kappa shape index (κ2) is 10.8. The summed E-state index contributed by atoms with van der Waals surface area (Å²) in [7, 11) is 0. The van der Waals surface area contributed by atoms with Gasteiger partial charge in [-0.2, -0.15) is 0 Å². The number of benzene rings is 2. The average Bonchev–Trinajstić information content (AvgIpc) is 3.48. The van der Waals surface area contributed by atoms with E-state index in [4.69, 9.17) is 0 Å². The van der Waals surface area contributed by atoms with Gasteiger partial charge in [-0.25, -0.2) is 0 Å². The van der Waals surface area contributed by atoms with E-state index in [0.29, 0.717) is 17.6 Å². The van der Waals surface area contributed by atoms with Crippen LogP contribution < -0.4 is 0 Å². The van der Waals surface area contributed by atoms with Crippen LogP contribution in [0, 0.1) is 5.92 Å². The van der Waals surface area contributed by atoms with E-state index in [-0.39, 0.29) is 21.7 Å². The van der Waals surface area contributed by atoms with Crippen LogP contribution in [-0.2, 0) is 32.9 Å². The Balaban J connectivity index is 1.34. The lowest BCUT2D eigenvalue weighted by Crippen LogP contribution is -2.28. The normalized spacial score (nSPS) is 25.8. The van der Waals surface area contributed by atoms with Gasteiger partial charge in [0.2, 0.25) is 0 Å². The molecule has 2 saturated carbocycles. The van der Waals surface area contributed by atoms with Crippen molar-refractivity contribution in [3.63, 3.8) is 0 Å². The highest BCUT2D eigenvalue weighted by molar-refractivity contribution is 8.00. The van der Waals surface area contributed by atoms with Crippen LogP contribution in [0.2, 0.25) is 0 Å². The molecule has 234 valence electrons. The van der Waals surface area contributed by atoms with Crippen molar-refractivity contribution in [1.29, 1.82) is 0 Å². The molecule has 2 fully saturated rings. The molecule has 2 aromatic rings. The lowest BCUT2D eigenvalue weighted by molar-refractivity contribution is -0.121. The van der Waals surface area contributed by atoms with Crippen LogP contribution in [0.3, 0.4) is 0 Å². The van der Waals surface area contributed by atoms with Crippen molar-refractivity contribution in [1.82, 2.24) is 0 Å². The van der Waals surface area contributed by atoms with Crippen molar-refractivity contribution < 1.29 is 4.79 Å². The largest absolute Gasteiger partial charge is 0.300 e. The number of thioether (sulfide) groups is 1. The first-order valence-electron chi connectivity index (χ1n) is 17.5. The van der Waals surface area contributed by atoms with E-state index < -0.39 is 0 Å². The van der Waals surface area contributed by atoms with E-state index in [1.54, 1.807) is 38.3 Å². The highest BCUT2D eigenvalue weighted by atomic mass is 32.2. The molecule has 1 aliphatic heterocycles. The molecule has 2 heteroatoms. The molecule has 1 heterocycles. The van der Waals surface area contributed by atoms with E-state index in [1.165, 1.54) is 50.5 Å². The molecule has 0 amide bonds. The smallest absolute Gasteiger partial charge is 0.133 e. The Morgan fingerprint density at radius 3 is 1.91 bits per heavy atom. The molecule has 4 unspecified atom stereocenters. The van der Waals surface area contributed by atoms with E-state index in [0.717, 1.165) is 30.4 Å². The number of hydrogen-bond acceptors (Lipinski definition) is 2. The van der Waals surface area contributed by atoms with Gasteiger partial charge in [-0.1, -0.05) is 106 Å². The number of rotatable bonds is 5. The summed E-state index contributed by atoms with van der Waals surface area (Å²) in [6.45, 7) is 24.3. The lowest BCUT2D eigenvalue weighted by Gasteiger charge is -2.37. The molecular formula is C41H58OS. The van der Waals surface area contributed by atoms with Crippen molar-refractivity contribution in [3.05, 3.63) is 63.2 Å². The van der Waals surface area contributed by atoms with E-state index >= 15 is 0 Å². The fourth-order valence-corrected chi connectivity index (χ4v) is 11.3. The molecule has 3 aliphatic carbocycles. The molecule has 0 aromatic heterocycles. The summed E-state index contributed by atoms with van der Waals surface area (Å²) in [5, 5.41) is 0.776. The monoisotopic (exact) mass is 598 g/mol. The zero-order chi connectivity index (χ0) is 31.1. The van der Waals surface area contributed by atoms with Gasteiger partial charge >= 0.3 is 0 Å². The quantitative estimate of drug-likeness (QED) is 0.340. The Labute approximate surface area is 267 Å². The molecule has 1 nitrogen and oxygen atoms in total. The number of carbonyl (C=O) groups excluding carboxylic acids is 1. The van der Waals surface area contributed by atoms with E-state index in [2.05, 4.69) is 105 Å². The number of carbonyl (C=O) groups is 1. The van der Waals surface area contributed by atoms with Crippen molar-refractivity contribution in [2.24, 2.45) is 5.92 Å². The third kappa shape index (κ3) is 5.59. The molecule has 43 heavy (non-hydrogen) atoms. The minimum absolute atomic E-state index is 0.0892. The summed E-state index contributed by atoms with van der Waals surface area (Å²) >= 11 is 2.23. The van der Waals surface area contributed by atoms with Gasteiger partial charge in [0.1, 0.15) is 5.78 Å². The van der Waals surface area contributed by atoms with Crippen LogP contribution in [0.1, 0.15) is 178 Å². The summed E-state index contributed by atoms with van der Waals surface area (Å²) in [6, 6.07) is 9.97. The minimum Gasteiger partial charge on any atom is -0.300 e. The second-order valence-electron chi connectivity index (χ2n) is 18.1. The van der Waals surface area contributed by atoms with Gasteiger partial charge < -0.3 is 0 Å². The second-order valence-corrected chi connectivity index (χ2v) is 19.4. The summed E-state index contributed by atoms with van der Waals surface area (Å²) in [6.07, 6.45) is 11.7. The van der Waals surface area contributed by atoms with Gasteiger partial charge in [-0.3, -0.25) is 4.79 Å². The van der Waals surface area contributed by atoms with Gasteiger partial charge in [0.05, 0.1) is 0 Å². The maximum absolute atomic E-state index is 12.6. The van der Waals surface area contributed by atoms with Crippen molar-refractivity contribution in [2.45, 2.75) is 177 Å². The minimum atomic E-state index is 0.0892. The van der Waals surface area contributed by atoms with Crippen LogP contribution in [0.25, 0.3) is 0 Å². The lowest BCUT2D eigenvalue weighted by atomic mass is 9.67. The third-order valence-corrected chi connectivity index (χ3v) is 13.5. The van der Waals surface area contributed by atoms with Crippen LogP contribution in [-0.4, -0.2) is 11.0 Å². The third-order valence-electron chi connectivity index (χ3n) is 12.0. The molecule has 0 radical (unpaired) electrons. The van der Waals surface area contributed by atoms with Crippen LogP contribution >= 0.6 is 11.8 Å². The predicted octanol–water partition coefficient (Wildman–Crippen LogP) is 11.5. The number of ketones is 1. The molecule has 0 spiro atoms. The number of Topliss-reactive ketones (excluding diaryl/α,β-unsaturated/α-hetero) is 1. The molecule has 0 saturated heterocycles. The van der Waals surface area contributed by atoms with E-state index in [1.807, 2.05) is 0 Å². The first-order chi connectivity index (χ1) is 20.0. The van der Waals surface area contributed by atoms with Crippen LogP contribution in [0.5, 0.6) is 0 Å². The molecular weight excluding hydrogens is 541 g/mol. The Kier molecular flexibility index (Phi) is 7.88. The topological polar surface area (TPSA) is 17.1 Å². The van der Waals surface area contributed by atoms with Gasteiger partial charge in [-0.15, -0.1) is 11.8 Å².